The molecule has 1 fully saturated rings. The number of anilines is 2. The Morgan fingerprint density at radius 3 is 2.68 bits per heavy atom. The molecular weight excluding hydrogens is 300 g/mol. The summed E-state index contributed by atoms with van der Waals surface area (Å²) in [6, 6.07) is 0. The molecule has 2 aromatic rings. The normalized spacial score (nSPS) is 15.0. The van der Waals surface area contributed by atoms with Crippen molar-refractivity contribution < 1.29 is 4.79 Å². The lowest BCUT2D eigenvalue weighted by Crippen LogP contribution is -2.51. The number of piperazine rings is 1. The average molecular weight is 318 g/mol. The van der Waals surface area contributed by atoms with Crippen molar-refractivity contribution in [2.24, 2.45) is 0 Å². The van der Waals surface area contributed by atoms with Crippen LogP contribution in [-0.2, 0) is 4.79 Å². The standard InChI is InChI=1S/C14H18N6OS/c1-18(12-10-15-2-3-16-12)11-13(21)19-5-7-20(8-6-19)14-17-4-9-22-14/h2-4,9-10H,5-8,11H2,1H3. The number of aromatic nitrogens is 3. The first kappa shape index (κ1) is 14.7. The highest BCUT2D eigenvalue weighted by Crippen LogP contribution is 2.19. The van der Waals surface area contributed by atoms with Gasteiger partial charge in [-0.15, -0.1) is 11.3 Å². The third-order valence-corrected chi connectivity index (χ3v) is 4.47. The molecule has 3 heterocycles. The fourth-order valence-electron chi connectivity index (χ4n) is 2.39. The van der Waals surface area contributed by atoms with Gasteiger partial charge in [-0.1, -0.05) is 0 Å². The minimum Gasteiger partial charge on any atom is -0.349 e. The fraction of sp³-hybridized carbons (Fsp3) is 0.429. The first-order chi connectivity index (χ1) is 10.7. The molecule has 1 aliphatic rings. The van der Waals surface area contributed by atoms with Crippen LogP contribution < -0.4 is 9.80 Å². The van der Waals surface area contributed by atoms with Crippen molar-refractivity contribution >= 4 is 28.2 Å². The van der Waals surface area contributed by atoms with E-state index < -0.39 is 0 Å². The Hall–Kier alpha value is -2.22. The van der Waals surface area contributed by atoms with Gasteiger partial charge in [0.15, 0.2) is 5.13 Å². The second kappa shape index (κ2) is 6.69. The molecule has 8 heteroatoms. The zero-order valence-corrected chi connectivity index (χ0v) is 13.2. The maximum absolute atomic E-state index is 12.4. The molecule has 0 bridgehead atoms. The number of rotatable bonds is 4. The zero-order chi connectivity index (χ0) is 15.4. The number of amides is 1. The van der Waals surface area contributed by atoms with Crippen LogP contribution in [0.3, 0.4) is 0 Å². The van der Waals surface area contributed by atoms with Gasteiger partial charge in [-0.05, 0) is 0 Å². The van der Waals surface area contributed by atoms with E-state index in [1.165, 1.54) is 0 Å². The van der Waals surface area contributed by atoms with Gasteiger partial charge >= 0.3 is 0 Å². The van der Waals surface area contributed by atoms with E-state index in [-0.39, 0.29) is 5.91 Å². The van der Waals surface area contributed by atoms with Gasteiger partial charge in [-0.3, -0.25) is 9.78 Å². The van der Waals surface area contributed by atoms with Gasteiger partial charge in [0, 0.05) is 57.2 Å². The van der Waals surface area contributed by atoms with Gasteiger partial charge in [0.25, 0.3) is 0 Å². The monoisotopic (exact) mass is 318 g/mol. The van der Waals surface area contributed by atoms with E-state index in [1.54, 1.807) is 29.9 Å². The number of thiazole rings is 1. The maximum Gasteiger partial charge on any atom is 0.242 e. The summed E-state index contributed by atoms with van der Waals surface area (Å²) < 4.78 is 0. The first-order valence-electron chi connectivity index (χ1n) is 7.13. The van der Waals surface area contributed by atoms with Crippen LogP contribution in [0.4, 0.5) is 10.9 Å². The molecule has 1 amide bonds. The Morgan fingerprint density at radius 1 is 1.23 bits per heavy atom. The minimum absolute atomic E-state index is 0.118. The quantitative estimate of drug-likeness (QED) is 0.827. The van der Waals surface area contributed by atoms with Crippen LogP contribution in [0.25, 0.3) is 0 Å². The predicted octanol–water partition coefficient (Wildman–Crippen LogP) is 0.718. The predicted molar refractivity (Wildman–Crippen MR) is 86.2 cm³/mol. The second-order valence-corrected chi connectivity index (χ2v) is 5.98. The van der Waals surface area contributed by atoms with Gasteiger partial charge < -0.3 is 14.7 Å². The first-order valence-corrected chi connectivity index (χ1v) is 8.01. The summed E-state index contributed by atoms with van der Waals surface area (Å²) in [6.07, 6.45) is 6.72. The molecule has 0 aromatic carbocycles. The Balaban J connectivity index is 1.52. The maximum atomic E-state index is 12.4. The summed E-state index contributed by atoms with van der Waals surface area (Å²) in [4.78, 5) is 30.9. The molecule has 0 atom stereocenters. The molecule has 0 radical (unpaired) electrons. The molecular formula is C14H18N6OS. The van der Waals surface area contributed by atoms with E-state index >= 15 is 0 Å². The van der Waals surface area contributed by atoms with Gasteiger partial charge in [0.1, 0.15) is 5.82 Å². The van der Waals surface area contributed by atoms with Gasteiger partial charge in [-0.2, -0.15) is 0 Å². The molecule has 1 aliphatic heterocycles. The smallest absolute Gasteiger partial charge is 0.242 e. The second-order valence-electron chi connectivity index (χ2n) is 5.10. The van der Waals surface area contributed by atoms with Crippen molar-refractivity contribution in [3.8, 4) is 0 Å². The lowest BCUT2D eigenvalue weighted by Gasteiger charge is -2.35. The Morgan fingerprint density at radius 2 is 2.05 bits per heavy atom. The van der Waals surface area contributed by atoms with E-state index in [0.29, 0.717) is 12.4 Å². The Labute approximate surface area is 133 Å². The minimum atomic E-state index is 0.118. The van der Waals surface area contributed by atoms with Gasteiger partial charge in [0.05, 0.1) is 12.7 Å². The van der Waals surface area contributed by atoms with Crippen LogP contribution in [0.2, 0.25) is 0 Å². The van der Waals surface area contributed by atoms with E-state index in [9.17, 15) is 4.79 Å². The highest BCUT2D eigenvalue weighted by Gasteiger charge is 2.23. The number of hydrogen-bond donors (Lipinski definition) is 0. The molecule has 1 saturated heterocycles. The van der Waals surface area contributed by atoms with Gasteiger partial charge in [0.2, 0.25) is 5.91 Å². The van der Waals surface area contributed by atoms with E-state index in [0.717, 1.165) is 31.3 Å². The molecule has 116 valence electrons. The molecule has 0 unspecified atom stereocenters. The number of carbonyl (C=O) groups excluding carboxylic acids is 1. The number of carbonyl (C=O) groups is 1. The van der Waals surface area contributed by atoms with Crippen molar-refractivity contribution in [3.63, 3.8) is 0 Å². The van der Waals surface area contributed by atoms with Crippen LogP contribution in [-0.4, -0.2) is 65.5 Å². The fourth-order valence-corrected chi connectivity index (χ4v) is 3.09. The largest absolute Gasteiger partial charge is 0.349 e. The summed E-state index contributed by atoms with van der Waals surface area (Å²) in [5, 5.41) is 3.01. The van der Waals surface area contributed by atoms with Crippen LogP contribution in [0, 0.1) is 0 Å². The molecule has 22 heavy (non-hydrogen) atoms. The lowest BCUT2D eigenvalue weighted by molar-refractivity contribution is -0.129. The molecule has 3 rings (SSSR count). The van der Waals surface area contributed by atoms with E-state index in [1.807, 2.05) is 28.4 Å². The topological polar surface area (TPSA) is 65.5 Å². The molecule has 0 N–H and O–H groups in total. The van der Waals surface area contributed by atoms with E-state index in [2.05, 4.69) is 19.9 Å². The lowest BCUT2D eigenvalue weighted by atomic mass is 10.3. The third-order valence-electron chi connectivity index (χ3n) is 3.64. The van der Waals surface area contributed by atoms with Crippen LogP contribution in [0.1, 0.15) is 0 Å². The Kier molecular flexibility index (Phi) is 4.47. The third kappa shape index (κ3) is 3.33. The van der Waals surface area contributed by atoms with Gasteiger partial charge in [-0.25, -0.2) is 9.97 Å². The summed E-state index contributed by atoms with van der Waals surface area (Å²) in [5.74, 6) is 0.823. The van der Waals surface area contributed by atoms with Crippen molar-refractivity contribution in [1.82, 2.24) is 19.9 Å². The number of likely N-dealkylation sites (N-methyl/N-ethyl adjacent to an activating group) is 1. The highest BCUT2D eigenvalue weighted by molar-refractivity contribution is 7.13. The SMILES string of the molecule is CN(CC(=O)N1CCN(c2nccs2)CC1)c1cnccn1. The summed E-state index contributed by atoms with van der Waals surface area (Å²) >= 11 is 1.63. The van der Waals surface area contributed by atoms with Crippen LogP contribution >= 0.6 is 11.3 Å². The Bertz CT molecular complexity index is 597. The molecule has 2 aromatic heterocycles. The molecule has 7 nitrogen and oxygen atoms in total. The van der Waals surface area contributed by atoms with Crippen molar-refractivity contribution in [1.29, 1.82) is 0 Å². The summed E-state index contributed by atoms with van der Waals surface area (Å²) in [5.41, 5.74) is 0. The number of hydrogen-bond acceptors (Lipinski definition) is 7. The molecule has 0 spiro atoms. The average Bonchev–Trinajstić information content (AvgIpc) is 3.10. The highest BCUT2D eigenvalue weighted by atomic mass is 32.1. The summed E-state index contributed by atoms with van der Waals surface area (Å²) in [6.45, 7) is 3.43. The van der Waals surface area contributed by atoms with Crippen molar-refractivity contribution in [2.75, 3.05) is 49.6 Å². The van der Waals surface area contributed by atoms with Crippen LogP contribution in [0.5, 0.6) is 0 Å². The van der Waals surface area contributed by atoms with Crippen LogP contribution in [0.15, 0.2) is 30.2 Å². The molecule has 0 aliphatic carbocycles. The zero-order valence-electron chi connectivity index (χ0n) is 12.4. The molecule has 0 saturated carbocycles. The van der Waals surface area contributed by atoms with Crippen molar-refractivity contribution in [2.45, 2.75) is 0 Å². The number of nitrogens with zero attached hydrogens (tertiary/aromatic N) is 6. The summed E-state index contributed by atoms with van der Waals surface area (Å²) in [7, 11) is 1.85. The van der Waals surface area contributed by atoms with E-state index in [4.69, 9.17) is 0 Å². The van der Waals surface area contributed by atoms with Crippen molar-refractivity contribution in [3.05, 3.63) is 30.2 Å².